The lowest BCUT2D eigenvalue weighted by Crippen LogP contribution is -2.41. The molecule has 1 heterocycles. The standard InChI is InChI=1S/C25H50O4/c1-5-8-11-12-13-14-16-23(17-15-18-26-21-24-22-27-24)25(4,28-19-9-6-2)29-20-10-7-3/h23-24H,5-22H2,1-4H3. The summed E-state index contributed by atoms with van der Waals surface area (Å²) in [4.78, 5) is 0. The summed E-state index contributed by atoms with van der Waals surface area (Å²) in [5.74, 6) is -0.0314. The molecule has 4 heteroatoms. The first-order valence-electron chi connectivity index (χ1n) is 12.6. The summed E-state index contributed by atoms with van der Waals surface area (Å²) < 4.78 is 23.8. The largest absolute Gasteiger partial charge is 0.379 e. The van der Waals surface area contributed by atoms with Crippen LogP contribution >= 0.6 is 0 Å². The predicted molar refractivity (Wildman–Crippen MR) is 121 cm³/mol. The van der Waals surface area contributed by atoms with Gasteiger partial charge < -0.3 is 18.9 Å². The van der Waals surface area contributed by atoms with Gasteiger partial charge in [0.1, 0.15) is 6.10 Å². The molecular weight excluding hydrogens is 364 g/mol. The van der Waals surface area contributed by atoms with Crippen LogP contribution in [-0.2, 0) is 18.9 Å². The SMILES string of the molecule is CCCCCCCCC(CCCOCC1CO1)C(C)(OCCCC)OCCCC. The Kier molecular flexibility index (Phi) is 16.2. The van der Waals surface area contributed by atoms with Crippen LogP contribution in [0.2, 0.25) is 0 Å². The first kappa shape index (κ1) is 26.9. The van der Waals surface area contributed by atoms with Gasteiger partial charge in [0.05, 0.1) is 26.4 Å². The fourth-order valence-corrected chi connectivity index (χ4v) is 3.77. The molecule has 1 aliphatic rings. The quantitative estimate of drug-likeness (QED) is 0.110. The van der Waals surface area contributed by atoms with E-state index in [1.54, 1.807) is 0 Å². The molecule has 1 saturated heterocycles. The van der Waals surface area contributed by atoms with Crippen LogP contribution in [-0.4, -0.2) is 44.9 Å². The van der Waals surface area contributed by atoms with Crippen molar-refractivity contribution in [2.75, 3.05) is 33.0 Å². The van der Waals surface area contributed by atoms with E-state index < -0.39 is 5.79 Å². The van der Waals surface area contributed by atoms with Crippen molar-refractivity contribution in [3.05, 3.63) is 0 Å². The zero-order chi connectivity index (χ0) is 21.2. The summed E-state index contributed by atoms with van der Waals surface area (Å²) in [6.07, 6.45) is 16.2. The van der Waals surface area contributed by atoms with Gasteiger partial charge in [0.2, 0.25) is 0 Å². The number of epoxide rings is 1. The average molecular weight is 415 g/mol. The van der Waals surface area contributed by atoms with Crippen LogP contribution in [0.15, 0.2) is 0 Å². The number of hydrogen-bond donors (Lipinski definition) is 0. The highest BCUT2D eigenvalue weighted by molar-refractivity contribution is 4.77. The zero-order valence-corrected chi connectivity index (χ0v) is 20.0. The molecule has 0 spiro atoms. The van der Waals surface area contributed by atoms with E-state index in [2.05, 4.69) is 27.7 Å². The molecule has 0 bridgehead atoms. The predicted octanol–water partition coefficient (Wildman–Crippen LogP) is 6.90. The summed E-state index contributed by atoms with van der Waals surface area (Å²) in [7, 11) is 0. The molecule has 1 rings (SSSR count). The minimum Gasteiger partial charge on any atom is -0.379 e. The van der Waals surface area contributed by atoms with Crippen LogP contribution in [0.25, 0.3) is 0 Å². The second-order valence-corrected chi connectivity index (χ2v) is 8.85. The van der Waals surface area contributed by atoms with E-state index in [0.717, 1.165) is 71.6 Å². The molecule has 0 aromatic carbocycles. The molecule has 1 aliphatic heterocycles. The Bertz CT molecular complexity index is 347. The number of hydrogen-bond acceptors (Lipinski definition) is 4. The third-order valence-corrected chi connectivity index (χ3v) is 5.97. The summed E-state index contributed by atoms with van der Waals surface area (Å²) in [5, 5.41) is 0. The van der Waals surface area contributed by atoms with Crippen LogP contribution in [0.5, 0.6) is 0 Å². The number of rotatable bonds is 22. The molecule has 29 heavy (non-hydrogen) atoms. The molecule has 0 radical (unpaired) electrons. The van der Waals surface area contributed by atoms with Gasteiger partial charge in [-0.1, -0.05) is 72.1 Å². The molecule has 0 aromatic heterocycles. The first-order valence-corrected chi connectivity index (χ1v) is 12.6. The van der Waals surface area contributed by atoms with Crippen molar-refractivity contribution in [1.29, 1.82) is 0 Å². The van der Waals surface area contributed by atoms with Crippen LogP contribution in [0.1, 0.15) is 111 Å². The lowest BCUT2D eigenvalue weighted by molar-refractivity contribution is -0.259. The summed E-state index contributed by atoms with van der Waals surface area (Å²) in [6.45, 7) is 12.9. The molecule has 0 N–H and O–H groups in total. The third kappa shape index (κ3) is 13.7. The van der Waals surface area contributed by atoms with Gasteiger partial charge in [0.25, 0.3) is 0 Å². The first-order chi connectivity index (χ1) is 14.2. The second-order valence-electron chi connectivity index (χ2n) is 8.85. The van der Waals surface area contributed by atoms with Crippen molar-refractivity contribution in [1.82, 2.24) is 0 Å². The molecule has 2 unspecified atom stereocenters. The van der Waals surface area contributed by atoms with Crippen molar-refractivity contribution < 1.29 is 18.9 Å². The van der Waals surface area contributed by atoms with E-state index >= 15 is 0 Å². The molecule has 0 saturated carbocycles. The van der Waals surface area contributed by atoms with Crippen LogP contribution in [0.4, 0.5) is 0 Å². The number of unbranched alkanes of at least 4 members (excludes halogenated alkanes) is 7. The Hall–Kier alpha value is -0.160. The highest BCUT2D eigenvalue weighted by Gasteiger charge is 2.35. The highest BCUT2D eigenvalue weighted by atomic mass is 16.7. The van der Waals surface area contributed by atoms with E-state index in [1.165, 1.54) is 44.9 Å². The van der Waals surface area contributed by atoms with Crippen molar-refractivity contribution in [3.63, 3.8) is 0 Å². The summed E-state index contributed by atoms with van der Waals surface area (Å²) in [5.41, 5.74) is 0. The van der Waals surface area contributed by atoms with Crippen molar-refractivity contribution in [2.45, 2.75) is 123 Å². The maximum Gasteiger partial charge on any atom is 0.168 e. The molecule has 2 atom stereocenters. The number of ether oxygens (including phenoxy) is 4. The van der Waals surface area contributed by atoms with Crippen LogP contribution in [0.3, 0.4) is 0 Å². The van der Waals surface area contributed by atoms with E-state index in [-0.39, 0.29) is 0 Å². The molecule has 0 aromatic rings. The molecule has 174 valence electrons. The molecule has 0 aliphatic carbocycles. The van der Waals surface area contributed by atoms with E-state index in [4.69, 9.17) is 18.9 Å². The van der Waals surface area contributed by atoms with Crippen molar-refractivity contribution in [2.24, 2.45) is 5.92 Å². The Labute approximate surface area is 181 Å². The maximum absolute atomic E-state index is 6.40. The minimum absolute atomic E-state index is 0.355. The normalized spacial score (nSPS) is 17.6. The highest BCUT2D eigenvalue weighted by Crippen LogP contribution is 2.33. The lowest BCUT2D eigenvalue weighted by atomic mass is 9.88. The fourth-order valence-electron chi connectivity index (χ4n) is 3.77. The summed E-state index contributed by atoms with van der Waals surface area (Å²) in [6, 6.07) is 0. The van der Waals surface area contributed by atoms with Gasteiger partial charge in [-0.05, 0) is 39.0 Å². The van der Waals surface area contributed by atoms with Gasteiger partial charge in [-0.2, -0.15) is 0 Å². The van der Waals surface area contributed by atoms with Gasteiger partial charge in [-0.15, -0.1) is 0 Å². The monoisotopic (exact) mass is 414 g/mol. The average Bonchev–Trinajstić information content (AvgIpc) is 3.53. The van der Waals surface area contributed by atoms with Gasteiger partial charge in [-0.25, -0.2) is 0 Å². The van der Waals surface area contributed by atoms with E-state index in [9.17, 15) is 0 Å². The van der Waals surface area contributed by atoms with Gasteiger partial charge in [-0.3, -0.25) is 0 Å². The van der Waals surface area contributed by atoms with Crippen LogP contribution in [0, 0.1) is 5.92 Å². The summed E-state index contributed by atoms with van der Waals surface area (Å²) >= 11 is 0. The topological polar surface area (TPSA) is 40.2 Å². The molecular formula is C25H50O4. The third-order valence-electron chi connectivity index (χ3n) is 5.97. The Morgan fingerprint density at radius 2 is 1.31 bits per heavy atom. The smallest absolute Gasteiger partial charge is 0.168 e. The van der Waals surface area contributed by atoms with E-state index in [0.29, 0.717) is 12.0 Å². The fraction of sp³-hybridized carbons (Fsp3) is 1.00. The van der Waals surface area contributed by atoms with Crippen LogP contribution < -0.4 is 0 Å². The lowest BCUT2D eigenvalue weighted by Gasteiger charge is -2.38. The van der Waals surface area contributed by atoms with Gasteiger partial charge in [0.15, 0.2) is 5.79 Å². The maximum atomic E-state index is 6.40. The minimum atomic E-state index is -0.465. The Balaban J connectivity index is 2.52. The second kappa shape index (κ2) is 17.5. The van der Waals surface area contributed by atoms with Crippen molar-refractivity contribution in [3.8, 4) is 0 Å². The van der Waals surface area contributed by atoms with Gasteiger partial charge in [0, 0.05) is 12.5 Å². The zero-order valence-electron chi connectivity index (χ0n) is 20.0. The Morgan fingerprint density at radius 1 is 0.759 bits per heavy atom. The molecule has 4 nitrogen and oxygen atoms in total. The Morgan fingerprint density at radius 3 is 1.90 bits per heavy atom. The van der Waals surface area contributed by atoms with Crippen molar-refractivity contribution >= 4 is 0 Å². The van der Waals surface area contributed by atoms with Gasteiger partial charge >= 0.3 is 0 Å². The molecule has 0 amide bonds. The van der Waals surface area contributed by atoms with E-state index in [1.807, 2.05) is 0 Å². The molecule has 1 fully saturated rings.